The number of hydrogen-bond acceptors (Lipinski definition) is 6. The number of ether oxygens (including phenoxy) is 3. The van der Waals surface area contributed by atoms with Crippen LogP contribution in [0.1, 0.15) is 226 Å². The van der Waals surface area contributed by atoms with Gasteiger partial charge in [-0.1, -0.05) is 204 Å². The van der Waals surface area contributed by atoms with Crippen molar-refractivity contribution in [2.45, 2.75) is 238 Å². The topological polar surface area (TPSA) is 99.1 Å². The molecule has 1 N–H and O–H groups in total. The Morgan fingerprint density at radius 3 is 1.34 bits per heavy atom. The smallest absolute Gasteiger partial charge is 0.362 e. The highest BCUT2D eigenvalue weighted by Gasteiger charge is 2.31. The van der Waals surface area contributed by atoms with Gasteiger partial charge in [-0.25, -0.2) is 4.79 Å². The van der Waals surface area contributed by atoms with Crippen LogP contribution in [0.2, 0.25) is 0 Å². The van der Waals surface area contributed by atoms with E-state index in [1.807, 2.05) is 21.1 Å². The SMILES string of the molecule is CC/C=C/C/C=C/C/C=C/C/C=C/CCCCCCCCCCCC(=O)OC(COCCC(C(=O)O)[N+](C)(C)C)COC(=O)CCCCCCCCCCCCCCCCCC. The van der Waals surface area contributed by atoms with Gasteiger partial charge in [-0.2, -0.15) is 0 Å². The summed E-state index contributed by atoms with van der Waals surface area (Å²) < 4.78 is 17.4. The molecule has 0 spiro atoms. The Bertz CT molecular complexity index is 1150. The molecule has 2 atom stereocenters. The van der Waals surface area contributed by atoms with Crippen molar-refractivity contribution in [2.75, 3.05) is 41.0 Å². The van der Waals surface area contributed by atoms with E-state index in [9.17, 15) is 19.5 Å². The monoisotopic (exact) mass is 873 g/mol. The number of nitrogens with zero attached hydrogens (tertiary/aromatic N) is 1. The van der Waals surface area contributed by atoms with Crippen LogP contribution in [0.25, 0.3) is 0 Å². The van der Waals surface area contributed by atoms with Crippen LogP contribution in [0, 0.1) is 0 Å². The van der Waals surface area contributed by atoms with Gasteiger partial charge in [0.2, 0.25) is 0 Å². The van der Waals surface area contributed by atoms with Crippen molar-refractivity contribution in [3.63, 3.8) is 0 Å². The van der Waals surface area contributed by atoms with Crippen LogP contribution < -0.4 is 0 Å². The van der Waals surface area contributed by atoms with Gasteiger partial charge in [-0.05, 0) is 51.4 Å². The second kappa shape index (κ2) is 44.9. The summed E-state index contributed by atoms with van der Waals surface area (Å²) in [6, 6.07) is -0.616. The van der Waals surface area contributed by atoms with E-state index < -0.39 is 18.1 Å². The summed E-state index contributed by atoms with van der Waals surface area (Å²) in [6.45, 7) is 4.65. The molecule has 0 aromatic rings. The Balaban J connectivity index is 4.24. The van der Waals surface area contributed by atoms with Gasteiger partial charge in [0.1, 0.15) is 6.61 Å². The van der Waals surface area contributed by atoms with Crippen LogP contribution in [0.3, 0.4) is 0 Å². The Labute approximate surface area is 382 Å². The second-order valence-corrected chi connectivity index (χ2v) is 18.4. The minimum absolute atomic E-state index is 0.0510. The highest BCUT2D eigenvalue weighted by atomic mass is 16.6. The zero-order chi connectivity index (χ0) is 45.6. The first-order chi connectivity index (χ1) is 30.1. The Morgan fingerprint density at radius 1 is 0.500 bits per heavy atom. The second-order valence-electron chi connectivity index (χ2n) is 18.4. The largest absolute Gasteiger partial charge is 0.477 e. The zero-order valence-corrected chi connectivity index (χ0v) is 41.1. The first-order valence-corrected chi connectivity index (χ1v) is 25.7. The number of unbranched alkanes of at least 4 members (excludes halogenated alkanes) is 24. The van der Waals surface area contributed by atoms with Gasteiger partial charge in [0.05, 0.1) is 34.4 Å². The number of likely N-dealkylation sites (N-methyl/N-ethyl adjacent to an activating group) is 1. The lowest BCUT2D eigenvalue weighted by molar-refractivity contribution is -0.887. The van der Waals surface area contributed by atoms with Crippen LogP contribution in [0.15, 0.2) is 48.6 Å². The molecule has 0 saturated carbocycles. The van der Waals surface area contributed by atoms with Gasteiger partial charge in [-0.15, -0.1) is 0 Å². The summed E-state index contributed by atoms with van der Waals surface area (Å²) >= 11 is 0. The summed E-state index contributed by atoms with van der Waals surface area (Å²) in [5.41, 5.74) is 0. The Kier molecular flexibility index (Phi) is 42.9. The summed E-state index contributed by atoms with van der Waals surface area (Å²) in [4.78, 5) is 37.2. The lowest BCUT2D eigenvalue weighted by atomic mass is 10.0. The van der Waals surface area contributed by atoms with E-state index in [0.29, 0.717) is 19.3 Å². The molecule has 0 rings (SSSR count). The molecule has 62 heavy (non-hydrogen) atoms. The molecular formula is C54H98NO7+. The number of esters is 2. The molecule has 8 nitrogen and oxygen atoms in total. The summed E-state index contributed by atoms with van der Waals surface area (Å²) in [7, 11) is 5.54. The first kappa shape index (κ1) is 59.3. The van der Waals surface area contributed by atoms with Crippen LogP contribution in [-0.4, -0.2) is 80.6 Å². The van der Waals surface area contributed by atoms with Gasteiger partial charge in [0, 0.05) is 19.3 Å². The van der Waals surface area contributed by atoms with E-state index in [0.717, 1.165) is 70.6 Å². The summed E-state index contributed by atoms with van der Waals surface area (Å²) in [5.74, 6) is -1.46. The fourth-order valence-electron chi connectivity index (χ4n) is 7.55. The van der Waals surface area contributed by atoms with Gasteiger partial charge in [0.25, 0.3) is 0 Å². The summed E-state index contributed by atoms with van der Waals surface area (Å²) in [6.07, 6.45) is 54.4. The molecule has 360 valence electrons. The van der Waals surface area contributed by atoms with Gasteiger partial charge >= 0.3 is 17.9 Å². The third kappa shape index (κ3) is 42.6. The molecular weight excluding hydrogens is 775 g/mol. The molecule has 0 aromatic heterocycles. The molecule has 0 saturated heterocycles. The van der Waals surface area contributed by atoms with E-state index in [4.69, 9.17) is 14.2 Å². The lowest BCUT2D eigenvalue weighted by Crippen LogP contribution is -2.50. The third-order valence-corrected chi connectivity index (χ3v) is 11.5. The predicted octanol–water partition coefficient (Wildman–Crippen LogP) is 14.8. The number of carbonyl (C=O) groups is 3. The van der Waals surface area contributed by atoms with Gasteiger partial charge in [0.15, 0.2) is 12.1 Å². The van der Waals surface area contributed by atoms with Crippen LogP contribution in [0.5, 0.6) is 0 Å². The fraction of sp³-hybridized carbons (Fsp3) is 0.796. The van der Waals surface area contributed by atoms with E-state index in [1.54, 1.807) is 0 Å². The molecule has 0 aliphatic carbocycles. The lowest BCUT2D eigenvalue weighted by Gasteiger charge is -2.31. The number of carboxylic acid groups (broad SMARTS) is 1. The van der Waals surface area contributed by atoms with Gasteiger partial charge < -0.3 is 23.8 Å². The fourth-order valence-corrected chi connectivity index (χ4v) is 7.55. The molecule has 0 radical (unpaired) electrons. The van der Waals surface area contributed by atoms with E-state index in [2.05, 4.69) is 62.5 Å². The van der Waals surface area contributed by atoms with Crippen molar-refractivity contribution >= 4 is 17.9 Å². The van der Waals surface area contributed by atoms with Crippen molar-refractivity contribution in [3.05, 3.63) is 48.6 Å². The maximum absolute atomic E-state index is 12.8. The molecule has 0 bridgehead atoms. The molecule has 0 amide bonds. The number of quaternary nitrogens is 1. The van der Waals surface area contributed by atoms with Crippen molar-refractivity contribution in [1.29, 1.82) is 0 Å². The van der Waals surface area contributed by atoms with Crippen LogP contribution in [-0.2, 0) is 28.6 Å². The predicted molar refractivity (Wildman–Crippen MR) is 261 cm³/mol. The Hall–Kier alpha value is -2.71. The standard InChI is InChI=1S/C54H97NO7/c1-6-8-10-12-14-16-18-20-22-24-25-26-27-28-29-31-33-35-37-39-41-43-45-53(57)62-50(48-60-47-46-51(54(58)59)55(3,4)5)49-61-52(56)44-42-40-38-36-34-32-30-23-21-19-17-15-13-11-9-7-2/h8,10,14,16,20,22,25-26,50-51H,6-7,9,11-13,15,17-19,21,23-24,27-49H2,1-5H3/p+1/b10-8+,16-14+,22-20+,26-25+. The van der Waals surface area contributed by atoms with Crippen LogP contribution in [0.4, 0.5) is 0 Å². The zero-order valence-electron chi connectivity index (χ0n) is 41.1. The van der Waals surface area contributed by atoms with Crippen LogP contribution >= 0.6 is 0 Å². The number of hydrogen-bond donors (Lipinski definition) is 1. The molecule has 0 heterocycles. The van der Waals surface area contributed by atoms with E-state index >= 15 is 0 Å². The number of allylic oxidation sites excluding steroid dienone is 8. The Morgan fingerprint density at radius 2 is 0.903 bits per heavy atom. The first-order valence-electron chi connectivity index (χ1n) is 25.7. The average molecular weight is 873 g/mol. The quantitative estimate of drug-likeness (QED) is 0.0281. The molecule has 0 aliphatic heterocycles. The molecule has 8 heteroatoms. The normalized spacial score (nSPS) is 13.2. The number of rotatable bonds is 46. The molecule has 0 aromatic carbocycles. The number of carbonyl (C=O) groups excluding carboxylic acids is 2. The minimum atomic E-state index is -0.874. The van der Waals surface area contributed by atoms with Crippen molar-refractivity contribution in [3.8, 4) is 0 Å². The minimum Gasteiger partial charge on any atom is -0.477 e. The maximum Gasteiger partial charge on any atom is 0.362 e. The van der Waals surface area contributed by atoms with Gasteiger partial charge in [-0.3, -0.25) is 9.59 Å². The van der Waals surface area contributed by atoms with E-state index in [-0.39, 0.29) is 36.2 Å². The highest BCUT2D eigenvalue weighted by molar-refractivity contribution is 5.72. The molecule has 0 fully saturated rings. The maximum atomic E-state index is 12.8. The van der Waals surface area contributed by atoms with E-state index in [1.165, 1.54) is 122 Å². The number of carboxylic acids is 1. The molecule has 2 unspecified atom stereocenters. The average Bonchev–Trinajstić information content (AvgIpc) is 3.23. The molecule has 0 aliphatic rings. The van der Waals surface area contributed by atoms with Crippen molar-refractivity contribution in [2.24, 2.45) is 0 Å². The number of aliphatic carboxylic acids is 1. The highest BCUT2D eigenvalue weighted by Crippen LogP contribution is 2.16. The summed E-state index contributed by atoms with van der Waals surface area (Å²) in [5, 5.41) is 9.65. The van der Waals surface area contributed by atoms with Crippen molar-refractivity contribution < 1.29 is 38.2 Å². The third-order valence-electron chi connectivity index (χ3n) is 11.5. The van der Waals surface area contributed by atoms with Crippen molar-refractivity contribution in [1.82, 2.24) is 0 Å².